The van der Waals surface area contributed by atoms with Gasteiger partial charge in [-0.05, 0) is 83.7 Å². The molecule has 2 saturated heterocycles. The van der Waals surface area contributed by atoms with Crippen LogP contribution >= 0.6 is 12.4 Å². The monoisotopic (exact) mass is 602 g/mol. The van der Waals surface area contributed by atoms with E-state index < -0.39 is 41.8 Å². The van der Waals surface area contributed by atoms with Crippen LogP contribution in [0, 0.1) is 11.8 Å². The van der Waals surface area contributed by atoms with Crippen molar-refractivity contribution in [1.29, 1.82) is 0 Å². The molecule has 13 heteroatoms. The average molecular weight is 603 g/mol. The van der Waals surface area contributed by atoms with E-state index in [2.05, 4.69) is 16.0 Å². The van der Waals surface area contributed by atoms with Crippen molar-refractivity contribution in [2.24, 2.45) is 11.8 Å². The smallest absolute Gasteiger partial charge is 0.431 e. The van der Waals surface area contributed by atoms with E-state index in [0.29, 0.717) is 31.7 Å². The average Bonchev–Trinajstić information content (AvgIpc) is 2.92. The highest BCUT2D eigenvalue weighted by molar-refractivity contribution is 5.92. The van der Waals surface area contributed by atoms with Gasteiger partial charge in [-0.3, -0.25) is 14.4 Å². The number of carbonyl (C=O) groups excluding carboxylic acids is 5. The molecule has 0 aromatic rings. The number of hydrogen-bond donors (Lipinski definition) is 3. The Labute approximate surface area is 248 Å². The summed E-state index contributed by atoms with van der Waals surface area (Å²) in [5.74, 6) is -2.01. The molecule has 0 radical (unpaired) electrons. The summed E-state index contributed by atoms with van der Waals surface area (Å²) in [5, 5.41) is 8.37. The Hall–Kier alpha value is -2.60. The molecule has 12 nitrogen and oxygen atoms in total. The largest absolute Gasteiger partial charge is 0.511 e. The second kappa shape index (κ2) is 16.7. The van der Waals surface area contributed by atoms with E-state index in [9.17, 15) is 24.0 Å². The van der Waals surface area contributed by atoms with Crippen molar-refractivity contribution in [2.75, 3.05) is 26.2 Å². The molecule has 41 heavy (non-hydrogen) atoms. The topological polar surface area (TPSA) is 152 Å². The van der Waals surface area contributed by atoms with Gasteiger partial charge in [-0.25, -0.2) is 9.59 Å². The summed E-state index contributed by atoms with van der Waals surface area (Å²) in [7, 11) is 0. The van der Waals surface area contributed by atoms with Crippen LogP contribution in [0.3, 0.4) is 0 Å². The standard InChI is InChI=1S/C28H46N4O8.ClH/c1-19(33)30-28(3,26(36)38-20(2)39-27(37)40-23-9-5-4-6-10-23)31-25(35)22-8-7-17-32(18-22)24(34)12-11-21-13-15-29-16-14-21;/h20-23,29H,4-18H2,1-3H3,(H,30,33)(H,31,35);1H/t20?,22-,28+;/m1./s1. The van der Waals surface area contributed by atoms with E-state index in [-0.39, 0.29) is 31.0 Å². The van der Waals surface area contributed by atoms with Gasteiger partial charge in [0.05, 0.1) is 5.92 Å². The summed E-state index contributed by atoms with van der Waals surface area (Å²) in [6.07, 6.45) is 6.74. The summed E-state index contributed by atoms with van der Waals surface area (Å²) in [4.78, 5) is 64.9. The Morgan fingerprint density at radius 3 is 2.29 bits per heavy atom. The third kappa shape index (κ3) is 11.3. The lowest BCUT2D eigenvalue weighted by atomic mass is 9.92. The normalized spacial score (nSPS) is 22.2. The highest BCUT2D eigenvalue weighted by Gasteiger charge is 2.41. The number of nitrogens with one attached hydrogen (secondary N) is 3. The van der Waals surface area contributed by atoms with Gasteiger partial charge in [-0.2, -0.15) is 0 Å². The highest BCUT2D eigenvalue weighted by Crippen LogP contribution is 2.23. The number of nitrogens with zero attached hydrogens (tertiary/aromatic N) is 1. The zero-order valence-corrected chi connectivity index (χ0v) is 25.4. The molecular formula is C28H47ClN4O8. The van der Waals surface area contributed by atoms with Crippen molar-refractivity contribution in [1.82, 2.24) is 20.9 Å². The second-order valence-corrected chi connectivity index (χ2v) is 11.4. The third-order valence-corrected chi connectivity index (χ3v) is 7.93. The van der Waals surface area contributed by atoms with Gasteiger partial charge < -0.3 is 35.1 Å². The lowest BCUT2D eigenvalue weighted by Gasteiger charge is -2.35. The van der Waals surface area contributed by atoms with Crippen molar-refractivity contribution in [3.63, 3.8) is 0 Å². The number of amides is 3. The molecule has 0 bridgehead atoms. The Morgan fingerprint density at radius 1 is 0.951 bits per heavy atom. The molecule has 0 spiro atoms. The van der Waals surface area contributed by atoms with Crippen LogP contribution in [0.5, 0.6) is 0 Å². The molecule has 1 unspecified atom stereocenters. The van der Waals surface area contributed by atoms with E-state index in [4.69, 9.17) is 14.2 Å². The first-order valence-electron chi connectivity index (χ1n) is 14.7. The Morgan fingerprint density at radius 2 is 1.63 bits per heavy atom. The SMILES string of the molecule is CC(=O)N[C@@](C)(NC(=O)[C@@H]1CCCN(C(=O)CCC2CCNCC2)C1)C(=O)OC(C)OC(=O)OC1CCCCC1.Cl. The maximum atomic E-state index is 13.2. The fraction of sp³-hybridized carbons (Fsp3) is 0.821. The minimum Gasteiger partial charge on any atom is -0.431 e. The van der Waals surface area contributed by atoms with Crippen molar-refractivity contribution in [2.45, 2.75) is 109 Å². The quantitative estimate of drug-likeness (QED) is 0.253. The number of esters is 1. The molecule has 234 valence electrons. The number of hydrogen-bond acceptors (Lipinski definition) is 9. The molecule has 0 aromatic heterocycles. The lowest BCUT2D eigenvalue weighted by Crippen LogP contribution is -2.65. The zero-order valence-electron chi connectivity index (χ0n) is 24.5. The van der Waals surface area contributed by atoms with Crippen LogP contribution in [0.25, 0.3) is 0 Å². The summed E-state index contributed by atoms with van der Waals surface area (Å²) < 4.78 is 15.6. The molecule has 3 fully saturated rings. The van der Waals surface area contributed by atoms with Gasteiger partial charge in [0.2, 0.25) is 29.7 Å². The van der Waals surface area contributed by atoms with E-state index in [1.54, 1.807) is 4.90 Å². The fourth-order valence-corrected chi connectivity index (χ4v) is 5.68. The molecule has 1 saturated carbocycles. The molecule has 1 aliphatic carbocycles. The van der Waals surface area contributed by atoms with Crippen LogP contribution in [-0.4, -0.2) is 79.0 Å². The van der Waals surface area contributed by atoms with Crippen LogP contribution in [0.15, 0.2) is 0 Å². The van der Waals surface area contributed by atoms with Crippen LogP contribution in [-0.2, 0) is 33.4 Å². The number of carbonyl (C=O) groups is 5. The molecule has 2 heterocycles. The minimum absolute atomic E-state index is 0. The first-order chi connectivity index (χ1) is 19.1. The van der Waals surface area contributed by atoms with Crippen molar-refractivity contribution < 1.29 is 38.2 Å². The maximum Gasteiger partial charge on any atom is 0.511 e. The van der Waals surface area contributed by atoms with Gasteiger partial charge in [-0.1, -0.05) is 6.42 Å². The number of piperidine rings is 2. The van der Waals surface area contributed by atoms with Crippen LogP contribution in [0.2, 0.25) is 0 Å². The van der Waals surface area contributed by atoms with E-state index in [1.165, 1.54) is 20.8 Å². The molecule has 3 aliphatic rings. The summed E-state index contributed by atoms with van der Waals surface area (Å²) in [6, 6.07) is 0. The summed E-state index contributed by atoms with van der Waals surface area (Å²) in [6.45, 7) is 6.67. The first-order valence-corrected chi connectivity index (χ1v) is 14.7. The van der Waals surface area contributed by atoms with Crippen LogP contribution in [0.4, 0.5) is 4.79 Å². The van der Waals surface area contributed by atoms with E-state index in [1.807, 2.05) is 0 Å². The summed E-state index contributed by atoms with van der Waals surface area (Å²) in [5.41, 5.74) is -1.91. The first kappa shape index (κ1) is 34.6. The Bertz CT molecular complexity index is 910. The molecule has 2 aliphatic heterocycles. The zero-order chi connectivity index (χ0) is 29.1. The summed E-state index contributed by atoms with van der Waals surface area (Å²) >= 11 is 0. The number of halogens is 1. The Kier molecular flexibility index (Phi) is 14.1. The highest BCUT2D eigenvalue weighted by atomic mass is 35.5. The number of ether oxygens (including phenoxy) is 3. The predicted octanol–water partition coefficient (Wildman–Crippen LogP) is 2.77. The van der Waals surface area contributed by atoms with Gasteiger partial charge in [0.15, 0.2) is 0 Å². The molecule has 0 aromatic carbocycles. The van der Waals surface area contributed by atoms with Crippen molar-refractivity contribution >= 4 is 42.3 Å². The Balaban J connectivity index is 0.00000588. The lowest BCUT2D eigenvalue weighted by molar-refractivity contribution is -0.179. The minimum atomic E-state index is -1.91. The number of rotatable bonds is 10. The van der Waals surface area contributed by atoms with E-state index in [0.717, 1.165) is 64.5 Å². The fourth-order valence-electron chi connectivity index (χ4n) is 5.68. The van der Waals surface area contributed by atoms with Gasteiger partial charge in [0.1, 0.15) is 6.10 Å². The van der Waals surface area contributed by atoms with Crippen LogP contribution < -0.4 is 16.0 Å². The van der Waals surface area contributed by atoms with E-state index >= 15 is 0 Å². The number of likely N-dealkylation sites (tertiary alicyclic amines) is 1. The predicted molar refractivity (Wildman–Crippen MR) is 152 cm³/mol. The maximum absolute atomic E-state index is 13.2. The second-order valence-electron chi connectivity index (χ2n) is 11.4. The molecule has 3 rings (SSSR count). The molecule has 3 atom stereocenters. The molecular weight excluding hydrogens is 556 g/mol. The van der Waals surface area contributed by atoms with Crippen molar-refractivity contribution in [3.05, 3.63) is 0 Å². The van der Waals surface area contributed by atoms with Gasteiger partial charge >= 0.3 is 12.1 Å². The van der Waals surface area contributed by atoms with Gasteiger partial charge in [0.25, 0.3) is 0 Å². The van der Waals surface area contributed by atoms with Crippen LogP contribution in [0.1, 0.15) is 91.4 Å². The molecule has 3 N–H and O–H groups in total. The molecule has 3 amide bonds. The van der Waals surface area contributed by atoms with Gasteiger partial charge in [-0.15, -0.1) is 12.4 Å². The van der Waals surface area contributed by atoms with Crippen molar-refractivity contribution in [3.8, 4) is 0 Å². The third-order valence-electron chi connectivity index (χ3n) is 7.93. The van der Waals surface area contributed by atoms with Gasteiger partial charge in [0, 0.05) is 33.4 Å².